The van der Waals surface area contributed by atoms with Gasteiger partial charge in [-0.3, -0.25) is 4.68 Å². The zero-order valence-corrected chi connectivity index (χ0v) is 11.4. The van der Waals surface area contributed by atoms with Crippen LogP contribution in [-0.2, 0) is 13.1 Å². The van der Waals surface area contributed by atoms with E-state index in [1.165, 1.54) is 25.0 Å². The third-order valence-electron chi connectivity index (χ3n) is 4.04. The van der Waals surface area contributed by atoms with E-state index in [4.69, 9.17) is 0 Å². The van der Waals surface area contributed by atoms with E-state index in [1.54, 1.807) is 0 Å². The van der Waals surface area contributed by atoms with E-state index in [0.717, 1.165) is 13.1 Å². The molecule has 1 aliphatic rings. The topological polar surface area (TPSA) is 47.7 Å². The monoisotopic (exact) mass is 259 g/mol. The Morgan fingerprint density at radius 1 is 1.37 bits per heavy atom. The standard InChI is InChI=1S/C14H21N5/c1-2-19-12(6-7-17-19)10-16-13-4-3-5-14(13)18-9-8-15-11-18/h6-9,11,13-14,16H,2-5,10H2,1H3. The molecule has 1 N–H and O–H groups in total. The van der Waals surface area contributed by atoms with Gasteiger partial charge >= 0.3 is 0 Å². The van der Waals surface area contributed by atoms with Crippen LogP contribution in [0, 0.1) is 0 Å². The Kier molecular flexibility index (Phi) is 3.64. The minimum Gasteiger partial charge on any atom is -0.333 e. The van der Waals surface area contributed by atoms with Gasteiger partial charge in [0, 0.05) is 43.8 Å². The van der Waals surface area contributed by atoms with Crippen molar-refractivity contribution in [3.63, 3.8) is 0 Å². The molecule has 19 heavy (non-hydrogen) atoms. The molecule has 1 saturated carbocycles. The van der Waals surface area contributed by atoms with Crippen molar-refractivity contribution in [3.05, 3.63) is 36.7 Å². The third kappa shape index (κ3) is 2.56. The van der Waals surface area contributed by atoms with Crippen molar-refractivity contribution >= 4 is 0 Å². The van der Waals surface area contributed by atoms with Gasteiger partial charge in [0.05, 0.1) is 12.0 Å². The summed E-state index contributed by atoms with van der Waals surface area (Å²) >= 11 is 0. The van der Waals surface area contributed by atoms with Gasteiger partial charge in [0.1, 0.15) is 0 Å². The largest absolute Gasteiger partial charge is 0.333 e. The van der Waals surface area contributed by atoms with Crippen LogP contribution in [0.2, 0.25) is 0 Å². The molecular weight excluding hydrogens is 238 g/mol. The molecule has 0 saturated heterocycles. The Bertz CT molecular complexity index is 502. The predicted octanol–water partition coefficient (Wildman–Crippen LogP) is 1.98. The minimum absolute atomic E-state index is 0.536. The number of rotatable bonds is 5. The normalized spacial score (nSPS) is 23.0. The van der Waals surface area contributed by atoms with Gasteiger partial charge in [0.15, 0.2) is 0 Å². The van der Waals surface area contributed by atoms with Crippen LogP contribution in [0.3, 0.4) is 0 Å². The van der Waals surface area contributed by atoms with Crippen LogP contribution < -0.4 is 5.32 Å². The second kappa shape index (κ2) is 5.57. The number of nitrogens with one attached hydrogen (secondary N) is 1. The number of hydrogen-bond acceptors (Lipinski definition) is 3. The van der Waals surface area contributed by atoms with E-state index in [1.807, 2.05) is 23.4 Å². The fraction of sp³-hybridized carbons (Fsp3) is 0.571. The molecule has 5 heteroatoms. The zero-order chi connectivity index (χ0) is 13.1. The van der Waals surface area contributed by atoms with Gasteiger partial charge in [-0.2, -0.15) is 5.10 Å². The second-order valence-corrected chi connectivity index (χ2v) is 5.13. The van der Waals surface area contributed by atoms with Crippen molar-refractivity contribution in [3.8, 4) is 0 Å². The van der Waals surface area contributed by atoms with E-state index in [2.05, 4.69) is 39.2 Å². The number of nitrogens with zero attached hydrogens (tertiary/aromatic N) is 4. The second-order valence-electron chi connectivity index (χ2n) is 5.13. The summed E-state index contributed by atoms with van der Waals surface area (Å²) in [5.74, 6) is 0. The first-order chi connectivity index (χ1) is 9.38. The quantitative estimate of drug-likeness (QED) is 0.893. The highest BCUT2D eigenvalue weighted by Gasteiger charge is 2.27. The van der Waals surface area contributed by atoms with Crippen LogP contribution in [0.4, 0.5) is 0 Å². The molecule has 5 nitrogen and oxygen atoms in total. The molecule has 0 radical (unpaired) electrons. The molecule has 1 fully saturated rings. The molecule has 0 aliphatic heterocycles. The van der Waals surface area contributed by atoms with Crippen molar-refractivity contribution in [2.45, 2.75) is 51.4 Å². The fourth-order valence-electron chi connectivity index (χ4n) is 3.03. The lowest BCUT2D eigenvalue weighted by Crippen LogP contribution is -2.33. The van der Waals surface area contributed by atoms with Crippen LogP contribution in [0.5, 0.6) is 0 Å². The SMILES string of the molecule is CCn1nccc1CNC1CCCC1n1ccnc1. The van der Waals surface area contributed by atoms with Crippen LogP contribution in [0.25, 0.3) is 0 Å². The first-order valence-corrected chi connectivity index (χ1v) is 7.10. The molecular formula is C14H21N5. The maximum atomic E-state index is 4.31. The Morgan fingerprint density at radius 3 is 3.11 bits per heavy atom. The summed E-state index contributed by atoms with van der Waals surface area (Å²) < 4.78 is 4.29. The van der Waals surface area contributed by atoms with Crippen LogP contribution in [0.15, 0.2) is 31.0 Å². The van der Waals surface area contributed by atoms with Crippen molar-refractivity contribution in [2.24, 2.45) is 0 Å². The Morgan fingerprint density at radius 2 is 2.32 bits per heavy atom. The maximum Gasteiger partial charge on any atom is 0.0949 e. The number of aromatic nitrogens is 4. The molecule has 2 atom stereocenters. The van der Waals surface area contributed by atoms with E-state index >= 15 is 0 Å². The summed E-state index contributed by atoms with van der Waals surface area (Å²) in [6.07, 6.45) is 11.5. The van der Waals surface area contributed by atoms with Gasteiger partial charge in [-0.1, -0.05) is 0 Å². The van der Waals surface area contributed by atoms with Gasteiger partial charge in [-0.15, -0.1) is 0 Å². The summed E-state index contributed by atoms with van der Waals surface area (Å²) in [5, 5.41) is 8.00. The van der Waals surface area contributed by atoms with Crippen molar-refractivity contribution in [1.29, 1.82) is 0 Å². The highest BCUT2D eigenvalue weighted by molar-refractivity contribution is 5.01. The van der Waals surface area contributed by atoms with Gasteiger partial charge in [0.25, 0.3) is 0 Å². The molecule has 0 bridgehead atoms. The molecule has 0 spiro atoms. The minimum atomic E-state index is 0.536. The Hall–Kier alpha value is -1.62. The molecule has 2 unspecified atom stereocenters. The van der Waals surface area contributed by atoms with Gasteiger partial charge < -0.3 is 9.88 Å². The smallest absolute Gasteiger partial charge is 0.0949 e. The lowest BCUT2D eigenvalue weighted by atomic mass is 10.1. The van der Waals surface area contributed by atoms with Crippen LogP contribution >= 0.6 is 0 Å². The third-order valence-corrected chi connectivity index (χ3v) is 4.04. The van der Waals surface area contributed by atoms with Crippen LogP contribution in [0.1, 0.15) is 37.9 Å². The summed E-state index contributed by atoms with van der Waals surface area (Å²) in [6.45, 7) is 3.95. The molecule has 2 heterocycles. The lowest BCUT2D eigenvalue weighted by molar-refractivity contribution is 0.385. The van der Waals surface area contributed by atoms with Crippen molar-refractivity contribution < 1.29 is 0 Å². The Balaban J connectivity index is 1.63. The van der Waals surface area contributed by atoms with Crippen molar-refractivity contribution in [2.75, 3.05) is 0 Å². The summed E-state index contributed by atoms with van der Waals surface area (Å²) in [7, 11) is 0. The van der Waals surface area contributed by atoms with Crippen LogP contribution in [-0.4, -0.2) is 25.4 Å². The van der Waals surface area contributed by atoms with E-state index in [0.29, 0.717) is 12.1 Å². The fourth-order valence-corrected chi connectivity index (χ4v) is 3.03. The van der Waals surface area contributed by atoms with Crippen molar-refractivity contribution in [1.82, 2.24) is 24.6 Å². The van der Waals surface area contributed by atoms with Gasteiger partial charge in [-0.25, -0.2) is 4.98 Å². The summed E-state index contributed by atoms with van der Waals surface area (Å²) in [4.78, 5) is 4.16. The zero-order valence-electron chi connectivity index (χ0n) is 11.4. The highest BCUT2D eigenvalue weighted by Crippen LogP contribution is 2.30. The van der Waals surface area contributed by atoms with Gasteiger partial charge in [0.2, 0.25) is 0 Å². The lowest BCUT2D eigenvalue weighted by Gasteiger charge is -2.22. The average Bonchev–Trinajstić information content (AvgIpc) is 3.16. The molecule has 0 amide bonds. The number of hydrogen-bond donors (Lipinski definition) is 1. The first kappa shape index (κ1) is 12.4. The Labute approximate surface area is 113 Å². The summed E-state index contributed by atoms with van der Waals surface area (Å²) in [6, 6.07) is 3.17. The molecule has 0 aromatic carbocycles. The molecule has 3 rings (SSSR count). The first-order valence-electron chi connectivity index (χ1n) is 7.10. The van der Waals surface area contributed by atoms with Gasteiger partial charge in [-0.05, 0) is 32.3 Å². The molecule has 102 valence electrons. The molecule has 2 aromatic rings. The maximum absolute atomic E-state index is 4.31. The molecule has 2 aromatic heterocycles. The van der Waals surface area contributed by atoms with E-state index in [9.17, 15) is 0 Å². The highest BCUT2D eigenvalue weighted by atomic mass is 15.3. The predicted molar refractivity (Wildman–Crippen MR) is 73.6 cm³/mol. The molecule has 1 aliphatic carbocycles. The summed E-state index contributed by atoms with van der Waals surface area (Å²) in [5.41, 5.74) is 1.26. The number of aryl methyl sites for hydroxylation is 1. The number of imidazole rings is 1. The van der Waals surface area contributed by atoms with E-state index in [-0.39, 0.29) is 0 Å². The van der Waals surface area contributed by atoms with E-state index < -0.39 is 0 Å². The average molecular weight is 259 g/mol.